The van der Waals surface area contributed by atoms with Gasteiger partial charge in [0.1, 0.15) is 35.8 Å². The molecular formula is C39H42N5O13S2+. The number of carbonyl (C=O) groups excluding carboxylic acids is 4. The minimum absolute atomic E-state index is 0.109. The summed E-state index contributed by atoms with van der Waals surface area (Å²) < 4.78 is 79.3. The monoisotopic (exact) mass is 852 g/mol. The number of carbonyl (C=O) groups is 4. The van der Waals surface area contributed by atoms with Gasteiger partial charge in [-0.15, -0.1) is 0 Å². The molecule has 312 valence electrons. The Labute approximate surface area is 338 Å². The summed E-state index contributed by atoms with van der Waals surface area (Å²) in [5, 5.41) is 7.99. The number of nitrogens with two attached hydrogens (primary N) is 1. The first-order valence-electron chi connectivity index (χ1n) is 17.9. The van der Waals surface area contributed by atoms with E-state index in [9.17, 15) is 49.9 Å². The second-order valence-corrected chi connectivity index (χ2v) is 17.2. The molecule has 1 aromatic heterocycles. The second kappa shape index (κ2) is 17.3. The predicted octanol–water partition coefficient (Wildman–Crippen LogP) is 2.42. The standard InChI is InChI=1S/C39H41N5O13S2/c1-22(41-37(48)31(20-35(40)46)42-23(2)45)36(47)43-27-9-5-24(6-10-27)21-56-28-11-7-25-17-26(38(49)57-33(25)18-28)8-14-34-39(3,4)30-19-29(59(53,54)55)12-13-32(30)44(34)15-16-58(50,51)52/h5-14,17-19,22,31H,15-16,20-21H2,1-4H3,(H6-,40,41,42,43,45,46,47,48,50,51,52,53,54,55)/p+1/b14-8+/t22-,31+/m0/s1. The number of amides is 4. The summed E-state index contributed by atoms with van der Waals surface area (Å²) in [5.41, 5.74) is 6.48. The van der Waals surface area contributed by atoms with Gasteiger partial charge in [-0.3, -0.25) is 28.3 Å². The van der Waals surface area contributed by atoms with Gasteiger partial charge >= 0.3 is 5.63 Å². The Morgan fingerprint density at radius 2 is 1.63 bits per heavy atom. The molecule has 20 heteroatoms. The van der Waals surface area contributed by atoms with E-state index in [0.29, 0.717) is 33.8 Å². The van der Waals surface area contributed by atoms with Crippen LogP contribution in [-0.4, -0.2) is 84.2 Å². The number of ether oxygens (including phenoxy) is 1. The SMILES string of the molecule is CC(=O)N[C@H](CC(N)=O)C(=O)N[C@@H](C)C(=O)Nc1ccc(COc2ccc3cc(/C=C/C4=[N+](CCS(=O)(=O)O)c5ccc(S(=O)(=O)O)cc5C4(C)C)c(=O)oc3c2)cc1. The van der Waals surface area contributed by atoms with E-state index in [2.05, 4.69) is 16.0 Å². The number of fused-ring (bicyclic) bond motifs is 2. The Kier molecular flexibility index (Phi) is 12.9. The van der Waals surface area contributed by atoms with Crippen LogP contribution in [0.15, 0.2) is 86.9 Å². The zero-order valence-corrected chi connectivity index (χ0v) is 33.8. The van der Waals surface area contributed by atoms with Crippen LogP contribution in [0.4, 0.5) is 11.4 Å². The van der Waals surface area contributed by atoms with E-state index in [1.54, 1.807) is 73.0 Å². The minimum atomic E-state index is -4.55. The van der Waals surface area contributed by atoms with Crippen molar-refractivity contribution in [2.75, 3.05) is 17.6 Å². The van der Waals surface area contributed by atoms with E-state index in [1.807, 2.05) is 0 Å². The molecule has 4 amide bonds. The largest absolute Gasteiger partial charge is 0.489 e. The third-order valence-electron chi connectivity index (χ3n) is 9.37. The quantitative estimate of drug-likeness (QED) is 0.0537. The van der Waals surface area contributed by atoms with Crippen LogP contribution in [0.25, 0.3) is 17.0 Å². The number of hydrogen-bond donors (Lipinski definition) is 6. The lowest BCUT2D eigenvalue weighted by Gasteiger charge is -2.19. The normalized spacial score (nSPS) is 14.7. The Bertz CT molecular complexity index is 2670. The second-order valence-electron chi connectivity index (χ2n) is 14.3. The van der Waals surface area contributed by atoms with Crippen LogP contribution < -0.4 is 32.0 Å². The van der Waals surface area contributed by atoms with Crippen molar-refractivity contribution in [2.24, 2.45) is 5.73 Å². The molecule has 18 nitrogen and oxygen atoms in total. The summed E-state index contributed by atoms with van der Waals surface area (Å²) in [7, 11) is -8.93. The highest BCUT2D eigenvalue weighted by Gasteiger charge is 2.45. The van der Waals surface area contributed by atoms with Gasteiger partial charge < -0.3 is 30.8 Å². The van der Waals surface area contributed by atoms with Crippen LogP contribution >= 0.6 is 0 Å². The van der Waals surface area contributed by atoms with Crippen LogP contribution in [0.2, 0.25) is 0 Å². The molecule has 0 saturated carbocycles. The number of nitrogens with zero attached hydrogens (tertiary/aromatic N) is 1. The molecule has 0 saturated heterocycles. The van der Waals surface area contributed by atoms with Gasteiger partial charge in [0, 0.05) is 41.8 Å². The molecule has 2 atom stereocenters. The van der Waals surface area contributed by atoms with Gasteiger partial charge in [0.2, 0.25) is 29.3 Å². The molecule has 4 aromatic rings. The lowest BCUT2D eigenvalue weighted by Crippen LogP contribution is -2.52. The molecule has 5 rings (SSSR count). The predicted molar refractivity (Wildman–Crippen MR) is 215 cm³/mol. The van der Waals surface area contributed by atoms with E-state index < -0.39 is 79.2 Å². The number of nitrogens with one attached hydrogen (secondary N) is 3. The third kappa shape index (κ3) is 11.0. The highest BCUT2D eigenvalue weighted by molar-refractivity contribution is 7.86. The smallest absolute Gasteiger partial charge is 0.343 e. The van der Waals surface area contributed by atoms with Crippen molar-refractivity contribution in [1.29, 1.82) is 0 Å². The Morgan fingerprint density at radius 1 is 0.932 bits per heavy atom. The summed E-state index contributed by atoms with van der Waals surface area (Å²) in [6.45, 7) is 6.05. The lowest BCUT2D eigenvalue weighted by atomic mass is 9.81. The maximum Gasteiger partial charge on any atom is 0.343 e. The molecule has 59 heavy (non-hydrogen) atoms. The summed E-state index contributed by atoms with van der Waals surface area (Å²) in [6.07, 6.45) is 2.63. The molecule has 0 spiro atoms. The third-order valence-corrected chi connectivity index (χ3v) is 10.9. The van der Waals surface area contributed by atoms with Crippen molar-refractivity contribution in [3.63, 3.8) is 0 Å². The summed E-state index contributed by atoms with van der Waals surface area (Å²) in [4.78, 5) is 60.7. The number of primary amides is 1. The van der Waals surface area contributed by atoms with Crippen LogP contribution in [0.5, 0.6) is 5.75 Å². The maximum atomic E-state index is 13.1. The van der Waals surface area contributed by atoms with Gasteiger partial charge in [-0.25, -0.2) is 4.79 Å². The van der Waals surface area contributed by atoms with Gasteiger partial charge in [-0.05, 0) is 74.9 Å². The van der Waals surface area contributed by atoms with E-state index in [0.717, 1.165) is 5.56 Å². The summed E-state index contributed by atoms with van der Waals surface area (Å²) in [6, 6.07) is 14.8. The number of benzene rings is 3. The van der Waals surface area contributed by atoms with Crippen LogP contribution in [-0.2, 0) is 51.4 Å². The average molecular weight is 853 g/mol. The van der Waals surface area contributed by atoms with E-state index in [4.69, 9.17) is 14.9 Å². The van der Waals surface area contributed by atoms with Gasteiger partial charge in [-0.2, -0.15) is 21.4 Å². The molecule has 1 aliphatic rings. The van der Waals surface area contributed by atoms with Gasteiger partial charge in [0.05, 0.1) is 22.3 Å². The van der Waals surface area contributed by atoms with Crippen LogP contribution in [0.1, 0.15) is 50.8 Å². The van der Waals surface area contributed by atoms with Crippen LogP contribution in [0, 0.1) is 0 Å². The minimum Gasteiger partial charge on any atom is -0.489 e. The molecule has 0 aliphatic carbocycles. The Balaban J connectivity index is 1.26. The average Bonchev–Trinajstić information content (AvgIpc) is 3.35. The van der Waals surface area contributed by atoms with Gasteiger partial charge in [-0.1, -0.05) is 12.1 Å². The van der Waals surface area contributed by atoms with Crippen molar-refractivity contribution >= 4 is 78.0 Å². The molecule has 0 fully saturated rings. The van der Waals surface area contributed by atoms with Crippen molar-refractivity contribution < 1.29 is 58.8 Å². The van der Waals surface area contributed by atoms with Gasteiger partial charge in [0.15, 0.2) is 12.3 Å². The molecule has 1 aliphatic heterocycles. The fraction of sp³-hybridized carbons (Fsp3) is 0.282. The number of anilines is 1. The molecule has 3 aromatic carbocycles. The Hall–Kier alpha value is -6.22. The molecule has 0 bridgehead atoms. The molecular weight excluding hydrogens is 811 g/mol. The van der Waals surface area contributed by atoms with Crippen molar-refractivity contribution in [3.05, 3.63) is 99.9 Å². The van der Waals surface area contributed by atoms with Crippen LogP contribution in [0.3, 0.4) is 0 Å². The van der Waals surface area contributed by atoms with E-state index in [-0.39, 0.29) is 29.2 Å². The molecule has 0 unspecified atom stereocenters. The molecule has 0 radical (unpaired) electrons. The number of allylic oxidation sites excluding steroid dienone is 1. The first-order valence-corrected chi connectivity index (χ1v) is 20.9. The van der Waals surface area contributed by atoms with E-state index >= 15 is 0 Å². The van der Waals surface area contributed by atoms with Crippen molar-refractivity contribution in [3.8, 4) is 5.75 Å². The zero-order valence-electron chi connectivity index (χ0n) is 32.2. The Morgan fingerprint density at radius 3 is 2.25 bits per heavy atom. The molecule has 7 N–H and O–H groups in total. The number of hydrogen-bond acceptors (Lipinski definition) is 11. The lowest BCUT2D eigenvalue weighted by molar-refractivity contribution is -0.432. The summed E-state index contributed by atoms with van der Waals surface area (Å²) in [5.74, 6) is -2.90. The topological polar surface area (TPSA) is 282 Å². The summed E-state index contributed by atoms with van der Waals surface area (Å²) >= 11 is 0. The van der Waals surface area contributed by atoms with E-state index in [1.165, 1.54) is 38.1 Å². The van der Waals surface area contributed by atoms with Gasteiger partial charge in [0.25, 0.3) is 20.2 Å². The maximum absolute atomic E-state index is 13.1. The zero-order chi connectivity index (χ0) is 43.4. The highest BCUT2D eigenvalue weighted by Crippen LogP contribution is 2.41. The van der Waals surface area contributed by atoms with Crippen molar-refractivity contribution in [1.82, 2.24) is 10.6 Å². The van der Waals surface area contributed by atoms with Crippen molar-refractivity contribution in [2.45, 2.75) is 63.1 Å². The number of rotatable bonds is 16. The fourth-order valence-electron chi connectivity index (χ4n) is 6.38. The molecule has 2 heterocycles. The first kappa shape index (κ1) is 43.9. The fourth-order valence-corrected chi connectivity index (χ4v) is 7.30. The highest BCUT2D eigenvalue weighted by atomic mass is 32.2. The first-order chi connectivity index (χ1) is 27.5.